The van der Waals surface area contributed by atoms with Crippen LogP contribution in [0, 0.1) is 0 Å². The quantitative estimate of drug-likeness (QED) is 0.856. The molecule has 0 spiro atoms. The molecule has 2 rings (SSSR count). The standard InChI is InChI=1S/C15H22N2O/c1-16-14(12-8-4-2-5-9-12)15(18)17-13-10-6-3-7-11-13/h2,4-5,8-9,13-14,16H,3,6-7,10-11H2,1H3,(H,17,18). The Morgan fingerprint density at radius 2 is 1.83 bits per heavy atom. The van der Waals surface area contributed by atoms with Crippen LogP contribution in [-0.2, 0) is 4.79 Å². The molecule has 3 heteroatoms. The van der Waals surface area contributed by atoms with Gasteiger partial charge in [-0.2, -0.15) is 0 Å². The fourth-order valence-electron chi connectivity index (χ4n) is 2.63. The molecule has 0 saturated heterocycles. The van der Waals surface area contributed by atoms with Gasteiger partial charge in [0.2, 0.25) is 5.91 Å². The first kappa shape index (κ1) is 13.1. The van der Waals surface area contributed by atoms with Crippen molar-refractivity contribution in [3.8, 4) is 0 Å². The van der Waals surface area contributed by atoms with E-state index in [1.165, 1.54) is 19.3 Å². The first-order chi connectivity index (χ1) is 8.81. The van der Waals surface area contributed by atoms with E-state index in [1.807, 2.05) is 37.4 Å². The Hall–Kier alpha value is -1.35. The number of likely N-dealkylation sites (N-methyl/N-ethyl adjacent to an activating group) is 1. The second kappa shape index (κ2) is 6.55. The van der Waals surface area contributed by atoms with Crippen molar-refractivity contribution in [3.63, 3.8) is 0 Å². The zero-order valence-corrected chi connectivity index (χ0v) is 11.0. The van der Waals surface area contributed by atoms with E-state index in [-0.39, 0.29) is 11.9 Å². The highest BCUT2D eigenvalue weighted by Gasteiger charge is 2.22. The lowest BCUT2D eigenvalue weighted by Gasteiger charge is -2.25. The van der Waals surface area contributed by atoms with Crippen molar-refractivity contribution >= 4 is 5.91 Å². The Kier molecular flexibility index (Phi) is 4.76. The molecule has 0 radical (unpaired) electrons. The highest BCUT2D eigenvalue weighted by molar-refractivity contribution is 5.83. The highest BCUT2D eigenvalue weighted by atomic mass is 16.2. The van der Waals surface area contributed by atoms with Crippen molar-refractivity contribution < 1.29 is 4.79 Å². The van der Waals surface area contributed by atoms with Crippen molar-refractivity contribution in [1.29, 1.82) is 0 Å². The van der Waals surface area contributed by atoms with Gasteiger partial charge in [-0.25, -0.2) is 0 Å². The van der Waals surface area contributed by atoms with Gasteiger partial charge in [-0.15, -0.1) is 0 Å². The maximum absolute atomic E-state index is 12.3. The summed E-state index contributed by atoms with van der Waals surface area (Å²) in [4.78, 5) is 12.3. The molecule has 0 heterocycles. The van der Waals surface area contributed by atoms with Gasteiger partial charge < -0.3 is 10.6 Å². The lowest BCUT2D eigenvalue weighted by atomic mass is 9.95. The predicted molar refractivity (Wildman–Crippen MR) is 73.3 cm³/mol. The van der Waals surface area contributed by atoms with Crippen molar-refractivity contribution in [2.24, 2.45) is 0 Å². The van der Waals surface area contributed by atoms with E-state index < -0.39 is 0 Å². The summed E-state index contributed by atoms with van der Waals surface area (Å²) in [6.45, 7) is 0. The van der Waals surface area contributed by atoms with Gasteiger partial charge in [-0.3, -0.25) is 4.79 Å². The molecule has 1 amide bonds. The van der Waals surface area contributed by atoms with Crippen LogP contribution in [0.4, 0.5) is 0 Å². The second-order valence-electron chi connectivity index (χ2n) is 4.98. The topological polar surface area (TPSA) is 41.1 Å². The molecule has 1 saturated carbocycles. The van der Waals surface area contributed by atoms with Crippen LogP contribution in [0.2, 0.25) is 0 Å². The van der Waals surface area contributed by atoms with Gasteiger partial charge in [-0.1, -0.05) is 49.6 Å². The number of amides is 1. The third-order valence-corrected chi connectivity index (χ3v) is 3.64. The molecule has 0 aliphatic heterocycles. The molecule has 0 aromatic heterocycles. The molecule has 1 aromatic carbocycles. The largest absolute Gasteiger partial charge is 0.352 e. The first-order valence-electron chi connectivity index (χ1n) is 6.84. The molecule has 1 aliphatic rings. The molecule has 1 unspecified atom stereocenters. The molecule has 2 N–H and O–H groups in total. The van der Waals surface area contributed by atoms with Gasteiger partial charge in [0, 0.05) is 6.04 Å². The number of nitrogens with one attached hydrogen (secondary N) is 2. The van der Waals surface area contributed by atoms with Gasteiger partial charge in [0.25, 0.3) is 0 Å². The van der Waals surface area contributed by atoms with E-state index in [2.05, 4.69) is 10.6 Å². The normalized spacial score (nSPS) is 18.3. The molecular weight excluding hydrogens is 224 g/mol. The van der Waals surface area contributed by atoms with Gasteiger partial charge in [0.15, 0.2) is 0 Å². The Balaban J connectivity index is 1.97. The smallest absolute Gasteiger partial charge is 0.241 e. The SMILES string of the molecule is CNC(C(=O)NC1CCCCC1)c1ccccc1. The summed E-state index contributed by atoms with van der Waals surface area (Å²) in [7, 11) is 1.83. The van der Waals surface area contributed by atoms with Crippen LogP contribution in [0.15, 0.2) is 30.3 Å². The number of hydrogen-bond acceptors (Lipinski definition) is 2. The van der Waals surface area contributed by atoms with Gasteiger partial charge in [-0.05, 0) is 25.5 Å². The number of rotatable bonds is 4. The van der Waals surface area contributed by atoms with Crippen LogP contribution in [0.3, 0.4) is 0 Å². The third kappa shape index (κ3) is 3.33. The van der Waals surface area contributed by atoms with E-state index in [9.17, 15) is 4.79 Å². The van der Waals surface area contributed by atoms with E-state index in [1.54, 1.807) is 0 Å². The average molecular weight is 246 g/mol. The summed E-state index contributed by atoms with van der Waals surface area (Å²) in [5.74, 6) is 0.0931. The van der Waals surface area contributed by atoms with Crippen LogP contribution in [0.25, 0.3) is 0 Å². The predicted octanol–water partition coefficient (Wildman–Crippen LogP) is 2.40. The summed E-state index contributed by atoms with van der Waals surface area (Å²) in [6.07, 6.45) is 6.02. The zero-order chi connectivity index (χ0) is 12.8. The Morgan fingerprint density at radius 1 is 1.17 bits per heavy atom. The number of carbonyl (C=O) groups is 1. The third-order valence-electron chi connectivity index (χ3n) is 3.64. The van der Waals surface area contributed by atoms with E-state index in [0.29, 0.717) is 6.04 Å². The Labute approximate surface area is 109 Å². The first-order valence-corrected chi connectivity index (χ1v) is 6.84. The van der Waals surface area contributed by atoms with Gasteiger partial charge >= 0.3 is 0 Å². The lowest BCUT2D eigenvalue weighted by molar-refractivity contribution is -0.124. The summed E-state index contributed by atoms with van der Waals surface area (Å²) < 4.78 is 0. The molecule has 3 nitrogen and oxygen atoms in total. The van der Waals surface area contributed by atoms with E-state index in [0.717, 1.165) is 18.4 Å². The Bertz CT molecular complexity index is 371. The minimum absolute atomic E-state index is 0.0931. The molecule has 0 bridgehead atoms. The van der Waals surface area contributed by atoms with Gasteiger partial charge in [0.1, 0.15) is 6.04 Å². The fourth-order valence-corrected chi connectivity index (χ4v) is 2.63. The Morgan fingerprint density at radius 3 is 2.44 bits per heavy atom. The zero-order valence-electron chi connectivity index (χ0n) is 11.0. The van der Waals surface area contributed by atoms with Crippen LogP contribution in [0.5, 0.6) is 0 Å². The molecule has 18 heavy (non-hydrogen) atoms. The van der Waals surface area contributed by atoms with Gasteiger partial charge in [0.05, 0.1) is 0 Å². The number of benzene rings is 1. The minimum Gasteiger partial charge on any atom is -0.352 e. The maximum atomic E-state index is 12.3. The lowest BCUT2D eigenvalue weighted by Crippen LogP contribution is -2.42. The summed E-state index contributed by atoms with van der Waals surface area (Å²) >= 11 is 0. The van der Waals surface area contributed by atoms with Crippen molar-refractivity contribution in [1.82, 2.24) is 10.6 Å². The highest BCUT2D eigenvalue weighted by Crippen LogP contribution is 2.19. The summed E-state index contributed by atoms with van der Waals surface area (Å²) in [5.41, 5.74) is 1.02. The summed E-state index contributed by atoms with van der Waals surface area (Å²) in [6, 6.07) is 10.00. The second-order valence-corrected chi connectivity index (χ2v) is 4.98. The average Bonchev–Trinajstić information content (AvgIpc) is 2.42. The van der Waals surface area contributed by atoms with Crippen LogP contribution in [0.1, 0.15) is 43.7 Å². The van der Waals surface area contributed by atoms with Crippen molar-refractivity contribution in [2.75, 3.05) is 7.05 Å². The molecule has 98 valence electrons. The number of carbonyl (C=O) groups excluding carboxylic acids is 1. The van der Waals surface area contributed by atoms with Crippen LogP contribution < -0.4 is 10.6 Å². The van der Waals surface area contributed by atoms with Crippen molar-refractivity contribution in [3.05, 3.63) is 35.9 Å². The van der Waals surface area contributed by atoms with Crippen molar-refractivity contribution in [2.45, 2.75) is 44.2 Å². The molecule has 1 aliphatic carbocycles. The molecular formula is C15H22N2O. The van der Waals surface area contributed by atoms with E-state index in [4.69, 9.17) is 0 Å². The van der Waals surface area contributed by atoms with Crippen LogP contribution >= 0.6 is 0 Å². The summed E-state index contributed by atoms with van der Waals surface area (Å²) in [5, 5.41) is 6.26. The maximum Gasteiger partial charge on any atom is 0.241 e. The fraction of sp³-hybridized carbons (Fsp3) is 0.533. The van der Waals surface area contributed by atoms with Crippen LogP contribution in [-0.4, -0.2) is 19.0 Å². The molecule has 1 atom stereocenters. The number of hydrogen-bond donors (Lipinski definition) is 2. The van der Waals surface area contributed by atoms with E-state index >= 15 is 0 Å². The minimum atomic E-state index is -0.242. The monoisotopic (exact) mass is 246 g/mol. The molecule has 1 fully saturated rings. The molecule has 1 aromatic rings.